The van der Waals surface area contributed by atoms with E-state index in [0.29, 0.717) is 5.69 Å². The van der Waals surface area contributed by atoms with Crippen LogP contribution in [0.3, 0.4) is 0 Å². The largest absolute Gasteiger partial charge is 0.399 e. The smallest absolute Gasteiger partial charge is 0.262 e. The Balaban J connectivity index is 2.37. The summed E-state index contributed by atoms with van der Waals surface area (Å²) in [4.78, 5) is -0.189. The van der Waals surface area contributed by atoms with Crippen molar-refractivity contribution in [3.05, 3.63) is 53.8 Å². The fourth-order valence-electron chi connectivity index (χ4n) is 2.05. The molecule has 0 radical (unpaired) electrons. The molecule has 0 amide bonds. The van der Waals surface area contributed by atoms with Crippen LogP contribution in [0.5, 0.6) is 0 Å². The highest BCUT2D eigenvalue weighted by atomic mass is 32.2. The van der Waals surface area contributed by atoms with Crippen molar-refractivity contribution in [2.75, 3.05) is 10.5 Å². The van der Waals surface area contributed by atoms with Gasteiger partial charge in [-0.2, -0.15) is 0 Å². The lowest BCUT2D eigenvalue weighted by Crippen LogP contribution is -2.14. The molecule has 3 N–H and O–H groups in total. The Labute approximate surface area is 123 Å². The van der Waals surface area contributed by atoms with Gasteiger partial charge in [-0.15, -0.1) is 0 Å². The standard InChI is InChI=1S/C15H17FN2O2S/c1-2-5-11-6-3-4-7-15(11)18-21(19,20)14-9-12(16)8-13(17)10-14/h3-4,6-10,18H,2,5,17H2,1H3. The molecule has 2 aromatic rings. The lowest BCUT2D eigenvalue weighted by Gasteiger charge is -2.12. The summed E-state index contributed by atoms with van der Waals surface area (Å²) in [6.07, 6.45) is 1.65. The topological polar surface area (TPSA) is 72.2 Å². The van der Waals surface area contributed by atoms with Gasteiger partial charge in [0.05, 0.1) is 10.6 Å². The zero-order valence-electron chi connectivity index (χ0n) is 11.6. The summed E-state index contributed by atoms with van der Waals surface area (Å²) in [6.45, 7) is 2.01. The number of hydrogen-bond acceptors (Lipinski definition) is 3. The molecule has 2 aromatic carbocycles. The first kappa shape index (κ1) is 15.3. The van der Waals surface area contributed by atoms with Crippen LogP contribution in [0.4, 0.5) is 15.8 Å². The molecule has 2 rings (SSSR count). The van der Waals surface area contributed by atoms with E-state index < -0.39 is 15.8 Å². The van der Waals surface area contributed by atoms with Gasteiger partial charge in [-0.1, -0.05) is 31.5 Å². The fourth-order valence-corrected chi connectivity index (χ4v) is 3.22. The van der Waals surface area contributed by atoms with Crippen molar-refractivity contribution < 1.29 is 12.8 Å². The van der Waals surface area contributed by atoms with Crippen molar-refractivity contribution in [2.24, 2.45) is 0 Å². The lowest BCUT2D eigenvalue weighted by atomic mass is 10.1. The summed E-state index contributed by atoms with van der Waals surface area (Å²) in [6, 6.07) is 10.4. The molecule has 21 heavy (non-hydrogen) atoms. The summed E-state index contributed by atoms with van der Waals surface area (Å²) >= 11 is 0. The maximum atomic E-state index is 13.3. The molecule has 6 heteroatoms. The molecule has 0 atom stereocenters. The first-order valence-electron chi connectivity index (χ1n) is 6.59. The second-order valence-electron chi connectivity index (χ2n) is 4.73. The number of nitrogen functional groups attached to an aromatic ring is 1. The summed E-state index contributed by atoms with van der Waals surface area (Å²) < 4.78 is 40.5. The number of nitrogens with two attached hydrogens (primary N) is 1. The van der Waals surface area contributed by atoms with E-state index in [4.69, 9.17) is 5.73 Å². The van der Waals surface area contributed by atoms with Crippen molar-refractivity contribution >= 4 is 21.4 Å². The predicted octanol–water partition coefficient (Wildman–Crippen LogP) is 3.16. The molecule has 0 fully saturated rings. The molecule has 0 saturated heterocycles. The van der Waals surface area contributed by atoms with Gasteiger partial charge in [0, 0.05) is 5.69 Å². The highest BCUT2D eigenvalue weighted by Gasteiger charge is 2.17. The molecular weight excluding hydrogens is 291 g/mol. The van der Waals surface area contributed by atoms with Gasteiger partial charge in [0.2, 0.25) is 0 Å². The van der Waals surface area contributed by atoms with E-state index in [0.717, 1.165) is 30.5 Å². The minimum atomic E-state index is -3.87. The predicted molar refractivity (Wildman–Crippen MR) is 82.1 cm³/mol. The van der Waals surface area contributed by atoms with E-state index >= 15 is 0 Å². The summed E-state index contributed by atoms with van der Waals surface area (Å²) in [5.41, 5.74) is 6.96. The van der Waals surface area contributed by atoms with Gasteiger partial charge >= 0.3 is 0 Å². The second-order valence-corrected chi connectivity index (χ2v) is 6.42. The number of halogens is 1. The number of rotatable bonds is 5. The van der Waals surface area contributed by atoms with Crippen molar-refractivity contribution in [2.45, 2.75) is 24.7 Å². The van der Waals surface area contributed by atoms with E-state index in [1.807, 2.05) is 19.1 Å². The van der Waals surface area contributed by atoms with Crippen LogP contribution in [0, 0.1) is 5.82 Å². The molecule has 0 aromatic heterocycles. The average molecular weight is 308 g/mol. The molecule has 0 bridgehead atoms. The molecule has 0 saturated carbocycles. The van der Waals surface area contributed by atoms with Gasteiger partial charge in [-0.25, -0.2) is 12.8 Å². The van der Waals surface area contributed by atoms with Crippen LogP contribution in [0.1, 0.15) is 18.9 Å². The number of benzene rings is 2. The molecular formula is C15H17FN2O2S. The van der Waals surface area contributed by atoms with Crippen molar-refractivity contribution in [3.63, 3.8) is 0 Å². The molecule has 0 aliphatic heterocycles. The number of hydrogen-bond donors (Lipinski definition) is 2. The van der Waals surface area contributed by atoms with E-state index in [9.17, 15) is 12.8 Å². The Morgan fingerprint density at radius 1 is 1.19 bits per heavy atom. The number of sulfonamides is 1. The molecule has 0 spiro atoms. The van der Waals surface area contributed by atoms with Crippen molar-refractivity contribution in [1.82, 2.24) is 0 Å². The maximum absolute atomic E-state index is 13.3. The van der Waals surface area contributed by atoms with Crippen molar-refractivity contribution in [3.8, 4) is 0 Å². The Hall–Kier alpha value is -2.08. The van der Waals surface area contributed by atoms with Gasteiger partial charge in [0.15, 0.2) is 0 Å². The Morgan fingerprint density at radius 3 is 2.57 bits per heavy atom. The van der Waals surface area contributed by atoms with Crippen LogP contribution >= 0.6 is 0 Å². The summed E-state index contributed by atoms with van der Waals surface area (Å²) in [7, 11) is -3.87. The van der Waals surface area contributed by atoms with E-state index in [-0.39, 0.29) is 10.6 Å². The SMILES string of the molecule is CCCc1ccccc1NS(=O)(=O)c1cc(N)cc(F)c1. The number of anilines is 2. The van der Waals surface area contributed by atoms with Gasteiger partial charge < -0.3 is 5.73 Å². The third-order valence-electron chi connectivity index (χ3n) is 2.98. The molecule has 0 heterocycles. The number of aryl methyl sites for hydroxylation is 1. The molecule has 0 unspecified atom stereocenters. The zero-order chi connectivity index (χ0) is 15.5. The van der Waals surface area contributed by atoms with Gasteiger partial charge in [-0.05, 0) is 36.2 Å². The Morgan fingerprint density at radius 2 is 1.90 bits per heavy atom. The average Bonchev–Trinajstić information content (AvgIpc) is 2.40. The summed E-state index contributed by atoms with van der Waals surface area (Å²) in [5, 5.41) is 0. The minimum Gasteiger partial charge on any atom is -0.399 e. The van der Waals surface area contributed by atoms with Gasteiger partial charge in [0.1, 0.15) is 5.82 Å². The van der Waals surface area contributed by atoms with Crippen LogP contribution < -0.4 is 10.5 Å². The van der Waals surface area contributed by atoms with Gasteiger partial charge in [-0.3, -0.25) is 4.72 Å². The van der Waals surface area contributed by atoms with Crippen LogP contribution in [0.2, 0.25) is 0 Å². The number of nitrogens with one attached hydrogen (secondary N) is 1. The van der Waals surface area contributed by atoms with E-state index in [1.54, 1.807) is 12.1 Å². The Kier molecular flexibility index (Phi) is 4.47. The molecule has 0 aliphatic carbocycles. The minimum absolute atomic E-state index is 0.0669. The van der Waals surface area contributed by atoms with Crippen LogP contribution in [0.25, 0.3) is 0 Å². The van der Waals surface area contributed by atoms with E-state index in [2.05, 4.69) is 4.72 Å². The first-order valence-corrected chi connectivity index (χ1v) is 8.07. The van der Waals surface area contributed by atoms with Crippen LogP contribution in [0.15, 0.2) is 47.4 Å². The Bertz CT molecular complexity index is 725. The highest BCUT2D eigenvalue weighted by molar-refractivity contribution is 7.92. The third kappa shape index (κ3) is 3.72. The second kappa shape index (κ2) is 6.13. The fraction of sp³-hybridized carbons (Fsp3) is 0.200. The maximum Gasteiger partial charge on any atom is 0.262 e. The zero-order valence-corrected chi connectivity index (χ0v) is 12.5. The molecule has 112 valence electrons. The van der Waals surface area contributed by atoms with Crippen LogP contribution in [-0.4, -0.2) is 8.42 Å². The van der Waals surface area contributed by atoms with Crippen LogP contribution in [-0.2, 0) is 16.4 Å². The first-order chi connectivity index (χ1) is 9.92. The molecule has 4 nitrogen and oxygen atoms in total. The number of para-hydroxylation sites is 1. The third-order valence-corrected chi connectivity index (χ3v) is 4.33. The molecule has 0 aliphatic rings. The van der Waals surface area contributed by atoms with Crippen molar-refractivity contribution in [1.29, 1.82) is 0 Å². The highest BCUT2D eigenvalue weighted by Crippen LogP contribution is 2.23. The lowest BCUT2D eigenvalue weighted by molar-refractivity contribution is 0.595. The van der Waals surface area contributed by atoms with Gasteiger partial charge in [0.25, 0.3) is 10.0 Å². The van der Waals surface area contributed by atoms with E-state index in [1.165, 1.54) is 6.07 Å². The monoisotopic (exact) mass is 308 g/mol. The quantitative estimate of drug-likeness (QED) is 0.833. The summed E-state index contributed by atoms with van der Waals surface area (Å²) in [5.74, 6) is -0.683. The normalized spacial score (nSPS) is 11.3.